The molecule has 1 heterocycles. The van der Waals surface area contributed by atoms with Crippen LogP contribution >= 0.6 is 22.9 Å². The number of unbranched alkanes of at least 4 members (excludes halogenated alkanes) is 5. The van der Waals surface area contributed by atoms with Crippen LogP contribution in [-0.2, 0) is 0 Å². The summed E-state index contributed by atoms with van der Waals surface area (Å²) in [5, 5.41) is 10.7. The first-order valence-corrected chi connectivity index (χ1v) is 10.4. The van der Waals surface area contributed by atoms with Gasteiger partial charge in [0.05, 0.1) is 0 Å². The van der Waals surface area contributed by atoms with Crippen molar-refractivity contribution in [2.75, 3.05) is 17.2 Å². The molecular formula is C19H25ClN4O2S. The summed E-state index contributed by atoms with van der Waals surface area (Å²) in [5.41, 5.74) is 0.887. The second-order valence-corrected chi connectivity index (χ2v) is 7.45. The molecule has 0 saturated heterocycles. The van der Waals surface area contributed by atoms with E-state index in [-0.39, 0.29) is 5.91 Å². The molecular weight excluding hydrogens is 384 g/mol. The minimum Gasteiger partial charge on any atom is -0.351 e. The number of rotatable bonds is 10. The minimum absolute atomic E-state index is 0.219. The number of aromatic nitrogens is 1. The largest absolute Gasteiger partial charge is 0.351 e. The number of urea groups is 1. The van der Waals surface area contributed by atoms with Gasteiger partial charge in [-0.1, -0.05) is 56.7 Å². The van der Waals surface area contributed by atoms with Crippen molar-refractivity contribution in [3.8, 4) is 0 Å². The van der Waals surface area contributed by atoms with E-state index < -0.39 is 6.03 Å². The summed E-state index contributed by atoms with van der Waals surface area (Å²) in [6, 6.07) is 6.40. The summed E-state index contributed by atoms with van der Waals surface area (Å²) in [5.74, 6) is -0.219. The molecule has 0 aliphatic heterocycles. The van der Waals surface area contributed by atoms with Gasteiger partial charge in [-0.25, -0.2) is 9.78 Å². The third-order valence-electron chi connectivity index (χ3n) is 3.86. The predicted molar refractivity (Wildman–Crippen MR) is 112 cm³/mol. The number of halogens is 1. The van der Waals surface area contributed by atoms with Crippen molar-refractivity contribution in [2.24, 2.45) is 0 Å². The van der Waals surface area contributed by atoms with Crippen molar-refractivity contribution in [2.45, 2.75) is 45.4 Å². The number of hydrogen-bond donors (Lipinski definition) is 3. The molecule has 146 valence electrons. The van der Waals surface area contributed by atoms with Gasteiger partial charge in [-0.15, -0.1) is 11.3 Å². The molecule has 0 spiro atoms. The monoisotopic (exact) mass is 408 g/mol. The lowest BCUT2D eigenvalue weighted by Crippen LogP contribution is -2.25. The normalized spacial score (nSPS) is 10.4. The van der Waals surface area contributed by atoms with E-state index in [1.165, 1.54) is 37.0 Å². The second kappa shape index (κ2) is 11.6. The topological polar surface area (TPSA) is 83.1 Å². The summed E-state index contributed by atoms with van der Waals surface area (Å²) in [4.78, 5) is 28.2. The highest BCUT2D eigenvalue weighted by molar-refractivity contribution is 7.14. The molecule has 0 radical (unpaired) electrons. The van der Waals surface area contributed by atoms with Crippen LogP contribution in [0.15, 0.2) is 29.6 Å². The highest BCUT2D eigenvalue weighted by atomic mass is 35.5. The Balaban J connectivity index is 1.71. The van der Waals surface area contributed by atoms with Crippen molar-refractivity contribution < 1.29 is 9.59 Å². The maximum absolute atomic E-state index is 12.1. The van der Waals surface area contributed by atoms with Crippen LogP contribution in [0.2, 0.25) is 5.02 Å². The Morgan fingerprint density at radius 3 is 2.67 bits per heavy atom. The zero-order valence-corrected chi connectivity index (χ0v) is 17.0. The van der Waals surface area contributed by atoms with E-state index in [2.05, 4.69) is 27.9 Å². The first-order valence-electron chi connectivity index (χ1n) is 9.15. The van der Waals surface area contributed by atoms with Crippen molar-refractivity contribution >= 4 is 45.7 Å². The van der Waals surface area contributed by atoms with E-state index in [0.717, 1.165) is 12.8 Å². The molecule has 27 heavy (non-hydrogen) atoms. The fraction of sp³-hybridized carbons (Fsp3) is 0.421. The van der Waals surface area contributed by atoms with Crippen LogP contribution in [0.25, 0.3) is 0 Å². The van der Waals surface area contributed by atoms with Crippen molar-refractivity contribution in [1.29, 1.82) is 0 Å². The van der Waals surface area contributed by atoms with Gasteiger partial charge in [-0.3, -0.25) is 10.1 Å². The predicted octanol–water partition coefficient (Wildman–Crippen LogP) is 5.53. The SMILES string of the molecule is CCCCCCCCNC(=O)c1csc(NC(=O)Nc2cccc(Cl)c2)n1. The Kier molecular flexibility index (Phi) is 9.07. The Morgan fingerprint density at radius 2 is 1.89 bits per heavy atom. The highest BCUT2D eigenvalue weighted by Gasteiger charge is 2.12. The number of thiazole rings is 1. The molecule has 0 aliphatic rings. The van der Waals surface area contributed by atoms with Gasteiger partial charge in [0.1, 0.15) is 5.69 Å². The third kappa shape index (κ3) is 7.97. The fourth-order valence-corrected chi connectivity index (χ4v) is 3.33. The van der Waals surface area contributed by atoms with Crippen molar-refractivity contribution in [3.05, 3.63) is 40.4 Å². The molecule has 2 rings (SSSR count). The van der Waals surface area contributed by atoms with Gasteiger partial charge < -0.3 is 10.6 Å². The van der Waals surface area contributed by atoms with Crippen LogP contribution in [0.3, 0.4) is 0 Å². The zero-order valence-electron chi connectivity index (χ0n) is 15.4. The molecule has 1 aromatic carbocycles. The lowest BCUT2D eigenvalue weighted by molar-refractivity contribution is 0.0948. The molecule has 3 N–H and O–H groups in total. The van der Waals surface area contributed by atoms with E-state index in [0.29, 0.717) is 28.1 Å². The standard InChI is InChI=1S/C19H25ClN4O2S/c1-2-3-4-5-6-7-11-21-17(25)16-13-27-19(23-16)24-18(26)22-15-10-8-9-14(20)12-15/h8-10,12-13H,2-7,11H2,1H3,(H,21,25)(H2,22,23,24,26). The quantitative estimate of drug-likeness (QED) is 0.452. The number of benzene rings is 1. The van der Waals surface area contributed by atoms with Gasteiger partial charge in [0.15, 0.2) is 5.13 Å². The maximum Gasteiger partial charge on any atom is 0.325 e. The van der Waals surface area contributed by atoms with Crippen LogP contribution < -0.4 is 16.0 Å². The molecule has 2 aromatic rings. The molecule has 0 atom stereocenters. The Bertz CT molecular complexity index is 751. The number of carbonyl (C=O) groups is 2. The number of anilines is 2. The van der Waals surface area contributed by atoms with Crippen LogP contribution in [0.4, 0.5) is 15.6 Å². The average Bonchev–Trinajstić information content (AvgIpc) is 3.09. The van der Waals surface area contributed by atoms with Crippen LogP contribution in [0.5, 0.6) is 0 Å². The van der Waals surface area contributed by atoms with Crippen molar-refractivity contribution in [3.63, 3.8) is 0 Å². The zero-order chi connectivity index (χ0) is 19.5. The minimum atomic E-state index is -0.439. The summed E-state index contributed by atoms with van der Waals surface area (Å²) >= 11 is 7.09. The van der Waals surface area contributed by atoms with Crippen LogP contribution in [-0.4, -0.2) is 23.5 Å². The first-order chi connectivity index (χ1) is 13.1. The first kappa shape index (κ1) is 21.2. The van der Waals surface area contributed by atoms with E-state index in [1.54, 1.807) is 29.6 Å². The number of hydrogen-bond acceptors (Lipinski definition) is 4. The molecule has 1 aromatic heterocycles. The Labute approximate surface area is 168 Å². The molecule has 0 aliphatic carbocycles. The molecule has 8 heteroatoms. The lowest BCUT2D eigenvalue weighted by atomic mass is 10.1. The summed E-state index contributed by atoms with van der Waals surface area (Å²) in [7, 11) is 0. The second-order valence-electron chi connectivity index (χ2n) is 6.15. The highest BCUT2D eigenvalue weighted by Crippen LogP contribution is 2.18. The van der Waals surface area contributed by atoms with Gasteiger partial charge in [-0.2, -0.15) is 0 Å². The molecule has 3 amide bonds. The van der Waals surface area contributed by atoms with Gasteiger partial charge in [0.2, 0.25) is 0 Å². The lowest BCUT2D eigenvalue weighted by Gasteiger charge is -2.05. The van der Waals surface area contributed by atoms with Crippen molar-refractivity contribution in [1.82, 2.24) is 10.3 Å². The van der Waals surface area contributed by atoms with E-state index >= 15 is 0 Å². The molecule has 6 nitrogen and oxygen atoms in total. The summed E-state index contributed by atoms with van der Waals surface area (Å²) < 4.78 is 0. The van der Waals surface area contributed by atoms with Gasteiger partial charge in [-0.05, 0) is 24.6 Å². The summed E-state index contributed by atoms with van der Waals surface area (Å²) in [6.07, 6.45) is 7.04. The average molecular weight is 409 g/mol. The molecule has 0 bridgehead atoms. The molecule has 0 saturated carbocycles. The third-order valence-corrected chi connectivity index (χ3v) is 4.85. The van der Waals surface area contributed by atoms with Gasteiger partial charge >= 0.3 is 6.03 Å². The summed E-state index contributed by atoms with van der Waals surface area (Å²) in [6.45, 7) is 2.83. The van der Waals surface area contributed by atoms with E-state index in [9.17, 15) is 9.59 Å². The van der Waals surface area contributed by atoms with E-state index in [1.807, 2.05) is 0 Å². The fourth-order valence-electron chi connectivity index (χ4n) is 2.46. The number of nitrogens with zero attached hydrogens (tertiary/aromatic N) is 1. The smallest absolute Gasteiger partial charge is 0.325 e. The van der Waals surface area contributed by atoms with E-state index in [4.69, 9.17) is 11.6 Å². The molecule has 0 unspecified atom stereocenters. The Hall–Kier alpha value is -2.12. The number of nitrogens with one attached hydrogen (secondary N) is 3. The van der Waals surface area contributed by atoms with Gasteiger partial charge in [0, 0.05) is 22.6 Å². The van der Waals surface area contributed by atoms with Crippen LogP contribution in [0, 0.1) is 0 Å². The maximum atomic E-state index is 12.1. The number of carbonyl (C=O) groups excluding carboxylic acids is 2. The van der Waals surface area contributed by atoms with Crippen LogP contribution in [0.1, 0.15) is 55.9 Å². The number of amides is 3. The Morgan fingerprint density at radius 1 is 1.11 bits per heavy atom. The molecule has 0 fully saturated rings. The van der Waals surface area contributed by atoms with Gasteiger partial charge in [0.25, 0.3) is 5.91 Å².